The standard InChI is InChI=1S/C26H21Cl2NO4/c1-15-18-12-22(28)25-20(13-29(14-32-25)17-8-9-23(31-2)21(27)11-17)24(18)33-26(30)19(15)10-16-6-4-3-5-7-16/h3-9,11-12H,10,13-14H2,1-2H3. The average Bonchev–Trinajstić information content (AvgIpc) is 2.83. The summed E-state index contributed by atoms with van der Waals surface area (Å²) in [7, 11) is 1.58. The van der Waals surface area contributed by atoms with E-state index in [1.807, 2.05) is 66.4 Å². The van der Waals surface area contributed by atoms with E-state index in [-0.39, 0.29) is 12.4 Å². The van der Waals surface area contributed by atoms with E-state index in [1.165, 1.54) is 0 Å². The third-order valence-electron chi connectivity index (χ3n) is 6.02. The maximum Gasteiger partial charge on any atom is 0.340 e. The van der Waals surface area contributed by atoms with Crippen molar-refractivity contribution in [1.82, 2.24) is 0 Å². The van der Waals surface area contributed by atoms with E-state index in [1.54, 1.807) is 7.11 Å². The molecule has 0 saturated heterocycles. The number of benzene rings is 3. The Kier molecular flexibility index (Phi) is 5.69. The summed E-state index contributed by atoms with van der Waals surface area (Å²) in [6.45, 7) is 2.68. The van der Waals surface area contributed by atoms with Crippen molar-refractivity contribution in [2.24, 2.45) is 0 Å². The number of rotatable bonds is 4. The molecular formula is C26H21Cl2NO4. The van der Waals surface area contributed by atoms with Gasteiger partial charge in [0.05, 0.1) is 29.3 Å². The molecule has 0 bridgehead atoms. The second kappa shape index (κ2) is 8.65. The summed E-state index contributed by atoms with van der Waals surface area (Å²) < 4.78 is 17.1. The molecule has 2 heterocycles. The van der Waals surface area contributed by atoms with Crippen LogP contribution in [0.5, 0.6) is 11.5 Å². The first-order valence-corrected chi connectivity index (χ1v) is 11.2. The molecule has 168 valence electrons. The molecule has 0 fully saturated rings. The summed E-state index contributed by atoms with van der Waals surface area (Å²) in [5.41, 5.74) is 4.28. The fourth-order valence-electron chi connectivity index (χ4n) is 4.23. The fourth-order valence-corrected chi connectivity index (χ4v) is 4.76. The molecular weight excluding hydrogens is 461 g/mol. The average molecular weight is 482 g/mol. The molecule has 33 heavy (non-hydrogen) atoms. The maximum absolute atomic E-state index is 13.0. The molecule has 0 radical (unpaired) electrons. The van der Waals surface area contributed by atoms with Crippen molar-refractivity contribution in [2.45, 2.75) is 19.9 Å². The lowest BCUT2D eigenvalue weighted by Gasteiger charge is -2.32. The third kappa shape index (κ3) is 3.92. The topological polar surface area (TPSA) is 51.9 Å². The van der Waals surface area contributed by atoms with Gasteiger partial charge in [-0.3, -0.25) is 0 Å². The number of hydrogen-bond donors (Lipinski definition) is 0. The summed E-state index contributed by atoms with van der Waals surface area (Å²) >= 11 is 12.9. The highest BCUT2D eigenvalue weighted by Gasteiger charge is 2.26. The predicted octanol–water partition coefficient (Wildman–Crippen LogP) is 6.36. The first-order chi connectivity index (χ1) is 16.0. The first kappa shape index (κ1) is 21.7. The number of methoxy groups -OCH3 is 1. The van der Waals surface area contributed by atoms with Crippen LogP contribution < -0.4 is 20.0 Å². The van der Waals surface area contributed by atoms with Crippen LogP contribution in [-0.4, -0.2) is 13.8 Å². The molecule has 0 amide bonds. The number of hydrogen-bond acceptors (Lipinski definition) is 5. The van der Waals surface area contributed by atoms with Crippen molar-refractivity contribution >= 4 is 39.9 Å². The van der Waals surface area contributed by atoms with E-state index in [0.717, 1.165) is 27.8 Å². The predicted molar refractivity (Wildman–Crippen MR) is 131 cm³/mol. The van der Waals surface area contributed by atoms with E-state index in [9.17, 15) is 4.79 Å². The zero-order chi connectivity index (χ0) is 23.1. The number of halogens is 2. The van der Waals surface area contributed by atoms with Gasteiger partial charge in [0.1, 0.15) is 17.1 Å². The highest BCUT2D eigenvalue weighted by molar-refractivity contribution is 6.33. The van der Waals surface area contributed by atoms with Crippen LogP contribution in [0.25, 0.3) is 11.0 Å². The summed E-state index contributed by atoms with van der Waals surface area (Å²) in [6, 6.07) is 17.2. The molecule has 5 nitrogen and oxygen atoms in total. The largest absolute Gasteiger partial charge is 0.495 e. The van der Waals surface area contributed by atoms with E-state index < -0.39 is 0 Å². The maximum atomic E-state index is 13.0. The summed E-state index contributed by atoms with van der Waals surface area (Å²) in [6.07, 6.45) is 0.493. The van der Waals surface area contributed by atoms with Crippen molar-refractivity contribution < 1.29 is 13.9 Å². The lowest BCUT2D eigenvalue weighted by atomic mass is 9.97. The molecule has 5 rings (SSSR count). The quantitative estimate of drug-likeness (QED) is 0.317. The molecule has 7 heteroatoms. The molecule has 1 aliphatic rings. The van der Waals surface area contributed by atoms with E-state index >= 15 is 0 Å². The second-order valence-corrected chi connectivity index (χ2v) is 8.80. The van der Waals surface area contributed by atoms with Crippen LogP contribution in [-0.2, 0) is 13.0 Å². The smallest absolute Gasteiger partial charge is 0.340 e. The number of aryl methyl sites for hydroxylation is 1. The van der Waals surface area contributed by atoms with Crippen LogP contribution in [0.15, 0.2) is 63.8 Å². The Morgan fingerprint density at radius 1 is 1.06 bits per heavy atom. The van der Waals surface area contributed by atoms with Crippen LogP contribution in [0.3, 0.4) is 0 Å². The summed E-state index contributed by atoms with van der Waals surface area (Å²) in [5.74, 6) is 1.14. The van der Waals surface area contributed by atoms with Gasteiger partial charge in [0.25, 0.3) is 0 Å². The van der Waals surface area contributed by atoms with Crippen molar-refractivity contribution in [3.05, 3.63) is 97.3 Å². The van der Waals surface area contributed by atoms with Gasteiger partial charge in [0.2, 0.25) is 0 Å². The number of fused-ring (bicyclic) bond motifs is 3. The molecule has 0 saturated carbocycles. The fraction of sp³-hybridized carbons (Fsp3) is 0.192. The summed E-state index contributed by atoms with van der Waals surface area (Å²) in [5, 5.41) is 1.81. The summed E-state index contributed by atoms with van der Waals surface area (Å²) in [4.78, 5) is 15.0. The number of ether oxygens (including phenoxy) is 2. The minimum Gasteiger partial charge on any atom is -0.495 e. The Hall–Kier alpha value is -3.15. The molecule has 0 N–H and O–H groups in total. The zero-order valence-corrected chi connectivity index (χ0v) is 19.7. The Labute approximate surface area is 201 Å². The van der Waals surface area contributed by atoms with Crippen LogP contribution in [0.1, 0.15) is 22.3 Å². The van der Waals surface area contributed by atoms with Crippen molar-refractivity contribution in [3.8, 4) is 11.5 Å². The Balaban J connectivity index is 1.59. The highest BCUT2D eigenvalue weighted by atomic mass is 35.5. The Morgan fingerprint density at radius 3 is 2.58 bits per heavy atom. The van der Waals surface area contributed by atoms with Crippen LogP contribution in [0.2, 0.25) is 10.0 Å². The number of nitrogens with zero attached hydrogens (tertiary/aromatic N) is 1. The normalized spacial score (nSPS) is 13.0. The van der Waals surface area contributed by atoms with Gasteiger partial charge in [-0.15, -0.1) is 0 Å². The van der Waals surface area contributed by atoms with Crippen LogP contribution >= 0.6 is 23.2 Å². The van der Waals surface area contributed by atoms with Gasteiger partial charge in [-0.1, -0.05) is 53.5 Å². The van der Waals surface area contributed by atoms with Crippen molar-refractivity contribution in [2.75, 3.05) is 18.7 Å². The van der Waals surface area contributed by atoms with Gasteiger partial charge in [-0.25, -0.2) is 4.79 Å². The zero-order valence-electron chi connectivity index (χ0n) is 18.2. The van der Waals surface area contributed by atoms with Gasteiger partial charge in [0.15, 0.2) is 6.73 Å². The molecule has 0 aliphatic carbocycles. The molecule has 4 aromatic rings. The van der Waals surface area contributed by atoms with E-state index in [4.69, 9.17) is 37.1 Å². The van der Waals surface area contributed by atoms with E-state index in [2.05, 4.69) is 0 Å². The lowest BCUT2D eigenvalue weighted by Crippen LogP contribution is -2.32. The minimum absolute atomic E-state index is 0.288. The molecule has 0 unspecified atom stereocenters. The van der Waals surface area contributed by atoms with Gasteiger partial charge in [0, 0.05) is 23.1 Å². The lowest BCUT2D eigenvalue weighted by molar-refractivity contribution is 0.289. The molecule has 3 aromatic carbocycles. The minimum atomic E-state index is -0.349. The van der Waals surface area contributed by atoms with Gasteiger partial charge >= 0.3 is 5.63 Å². The van der Waals surface area contributed by atoms with Gasteiger partial charge in [-0.2, -0.15) is 0 Å². The third-order valence-corrected chi connectivity index (χ3v) is 6.59. The van der Waals surface area contributed by atoms with Gasteiger partial charge in [-0.05, 0) is 42.3 Å². The Bertz CT molecular complexity index is 1420. The van der Waals surface area contributed by atoms with Gasteiger partial charge < -0.3 is 18.8 Å². The first-order valence-electron chi connectivity index (χ1n) is 10.5. The van der Waals surface area contributed by atoms with Crippen LogP contribution in [0, 0.1) is 6.92 Å². The highest BCUT2D eigenvalue weighted by Crippen LogP contribution is 2.41. The molecule has 1 aliphatic heterocycles. The second-order valence-electron chi connectivity index (χ2n) is 7.99. The van der Waals surface area contributed by atoms with Crippen molar-refractivity contribution in [1.29, 1.82) is 0 Å². The SMILES string of the molecule is COc1ccc(N2COc3c(Cl)cc4c(C)c(Cc5ccccc5)c(=O)oc4c3C2)cc1Cl. The number of anilines is 1. The van der Waals surface area contributed by atoms with E-state index in [0.29, 0.717) is 45.7 Å². The monoisotopic (exact) mass is 481 g/mol. The molecule has 0 atom stereocenters. The molecule has 0 spiro atoms. The Morgan fingerprint density at radius 2 is 1.85 bits per heavy atom. The van der Waals surface area contributed by atoms with Crippen molar-refractivity contribution in [3.63, 3.8) is 0 Å². The van der Waals surface area contributed by atoms with Crippen LogP contribution in [0.4, 0.5) is 5.69 Å². The molecule has 1 aromatic heterocycles.